The molecule has 176 valence electrons. The van der Waals surface area contributed by atoms with Gasteiger partial charge in [0.1, 0.15) is 18.7 Å². The molecule has 2 aromatic carbocycles. The molecule has 5 rings (SSSR count). The summed E-state index contributed by atoms with van der Waals surface area (Å²) in [4.78, 5) is 39.8. The Hall–Kier alpha value is -4.32. The summed E-state index contributed by atoms with van der Waals surface area (Å²) in [5.41, 5.74) is 4.83. The molecule has 9 heteroatoms. The molecule has 1 aromatic heterocycles. The van der Waals surface area contributed by atoms with Crippen molar-refractivity contribution in [2.45, 2.75) is 19.4 Å². The first-order valence-corrected chi connectivity index (χ1v) is 11.4. The summed E-state index contributed by atoms with van der Waals surface area (Å²) in [5.74, 6) is -0.410. The van der Waals surface area contributed by atoms with Crippen LogP contribution in [0.5, 0.6) is 0 Å². The van der Waals surface area contributed by atoms with Crippen molar-refractivity contribution in [2.75, 3.05) is 31.1 Å². The van der Waals surface area contributed by atoms with Crippen LogP contribution < -0.4 is 4.90 Å². The number of rotatable bonds is 5. The molecule has 0 N–H and O–H groups in total. The molecule has 0 atom stereocenters. The van der Waals surface area contributed by atoms with Crippen LogP contribution in [0, 0.1) is 17.1 Å². The van der Waals surface area contributed by atoms with Gasteiger partial charge in [0, 0.05) is 50.3 Å². The third-order valence-corrected chi connectivity index (χ3v) is 6.46. The van der Waals surface area contributed by atoms with E-state index in [1.165, 1.54) is 18.5 Å². The first-order valence-electron chi connectivity index (χ1n) is 11.4. The highest BCUT2D eigenvalue weighted by Gasteiger charge is 2.33. The van der Waals surface area contributed by atoms with Crippen molar-refractivity contribution in [3.8, 4) is 6.07 Å². The molecule has 0 aliphatic carbocycles. The number of amides is 3. The van der Waals surface area contributed by atoms with Gasteiger partial charge >= 0.3 is 6.03 Å². The average Bonchev–Trinajstić information content (AvgIpc) is 3.25. The third-order valence-electron chi connectivity index (χ3n) is 6.46. The first-order chi connectivity index (χ1) is 17.0. The van der Waals surface area contributed by atoms with Crippen LogP contribution in [0.15, 0.2) is 54.9 Å². The first kappa shape index (κ1) is 22.5. The fourth-order valence-electron chi connectivity index (χ4n) is 4.51. The van der Waals surface area contributed by atoms with Gasteiger partial charge in [0.25, 0.3) is 0 Å². The Bertz CT molecular complexity index is 1300. The summed E-state index contributed by atoms with van der Waals surface area (Å²) in [6, 6.07) is 15.0. The molecule has 0 radical (unpaired) electrons. The second-order valence-electron chi connectivity index (χ2n) is 8.63. The van der Waals surface area contributed by atoms with E-state index >= 15 is 0 Å². The molecule has 3 amide bonds. The van der Waals surface area contributed by atoms with E-state index in [4.69, 9.17) is 5.26 Å². The fourth-order valence-corrected chi connectivity index (χ4v) is 4.51. The van der Waals surface area contributed by atoms with E-state index in [1.54, 1.807) is 51.1 Å². The van der Waals surface area contributed by atoms with Crippen LogP contribution in [0.1, 0.15) is 28.1 Å². The normalized spacial score (nSPS) is 15.2. The number of carbonyl (C=O) groups is 2. The van der Waals surface area contributed by atoms with Crippen LogP contribution in [0.25, 0.3) is 0 Å². The molecule has 2 aliphatic heterocycles. The molecule has 3 aromatic rings. The zero-order valence-electron chi connectivity index (χ0n) is 19.0. The highest BCUT2D eigenvalue weighted by atomic mass is 19.1. The predicted octanol–water partition coefficient (Wildman–Crippen LogP) is 2.91. The number of aromatic nitrogens is 2. The molecule has 1 fully saturated rings. The van der Waals surface area contributed by atoms with Crippen LogP contribution in [-0.2, 0) is 24.2 Å². The fraction of sp³-hybridized carbons (Fsp3) is 0.269. The van der Waals surface area contributed by atoms with Gasteiger partial charge in [0.2, 0.25) is 5.91 Å². The number of nitrogens with zero attached hydrogens (tertiary/aromatic N) is 6. The minimum atomic E-state index is -0.288. The van der Waals surface area contributed by atoms with Gasteiger partial charge in [-0.25, -0.2) is 19.2 Å². The van der Waals surface area contributed by atoms with Gasteiger partial charge in [0.05, 0.1) is 23.0 Å². The van der Waals surface area contributed by atoms with Crippen molar-refractivity contribution in [2.24, 2.45) is 0 Å². The van der Waals surface area contributed by atoms with E-state index in [0.29, 0.717) is 50.3 Å². The number of nitriles is 1. The van der Waals surface area contributed by atoms with Crippen molar-refractivity contribution >= 4 is 17.6 Å². The number of halogens is 1. The van der Waals surface area contributed by atoms with Crippen LogP contribution in [0.4, 0.5) is 14.9 Å². The van der Waals surface area contributed by atoms with Gasteiger partial charge in [-0.15, -0.1) is 0 Å². The molecular formula is C26H23FN6O2. The summed E-state index contributed by atoms with van der Waals surface area (Å²) in [7, 11) is 0. The van der Waals surface area contributed by atoms with Crippen LogP contribution in [-0.4, -0.2) is 57.9 Å². The molecule has 1 saturated heterocycles. The summed E-state index contributed by atoms with van der Waals surface area (Å²) in [6.07, 6.45) is 2.68. The molecule has 35 heavy (non-hydrogen) atoms. The van der Waals surface area contributed by atoms with E-state index in [9.17, 15) is 14.0 Å². The molecule has 0 bridgehead atoms. The van der Waals surface area contributed by atoms with E-state index < -0.39 is 0 Å². The van der Waals surface area contributed by atoms with Crippen LogP contribution in [0.2, 0.25) is 0 Å². The van der Waals surface area contributed by atoms with Crippen molar-refractivity contribution in [3.05, 3.63) is 88.8 Å². The zero-order valence-corrected chi connectivity index (χ0v) is 19.0. The maximum absolute atomic E-state index is 13.3. The van der Waals surface area contributed by atoms with Crippen molar-refractivity contribution in [1.29, 1.82) is 5.26 Å². The lowest BCUT2D eigenvalue weighted by molar-refractivity contribution is -0.132. The second kappa shape index (κ2) is 9.50. The largest absolute Gasteiger partial charge is 0.336 e. The Morgan fingerprint density at radius 1 is 1.03 bits per heavy atom. The monoisotopic (exact) mass is 470 g/mol. The molecule has 3 heterocycles. The predicted molar refractivity (Wildman–Crippen MR) is 126 cm³/mol. The number of urea groups is 1. The van der Waals surface area contributed by atoms with Crippen molar-refractivity contribution in [3.63, 3.8) is 0 Å². The Balaban J connectivity index is 1.25. The van der Waals surface area contributed by atoms with Gasteiger partial charge in [-0.2, -0.15) is 5.26 Å². The molecule has 2 aliphatic rings. The topological polar surface area (TPSA) is 93.4 Å². The molecule has 0 saturated carbocycles. The number of carbonyl (C=O) groups excluding carboxylic acids is 2. The number of fused-ring (bicyclic) bond motifs is 1. The lowest BCUT2D eigenvalue weighted by atomic mass is 9.99. The number of benzene rings is 2. The SMILES string of the molecule is N#Cc1ccc(N2CCN(CC(=O)N3CCc4ncnc(Cc5ccc(F)cc5)c4C3)C2=O)cc1. The van der Waals surface area contributed by atoms with Gasteiger partial charge in [-0.3, -0.25) is 9.69 Å². The maximum Gasteiger partial charge on any atom is 0.325 e. The standard InChI is InChI=1S/C26H23FN6O2/c27-20-5-1-18(2-6-20)13-24-22-15-31(10-9-23(22)29-17-30-24)25(34)16-32-11-12-33(26(32)35)21-7-3-19(14-28)4-8-21/h1-8,17H,9-13,15-16H2. The van der Waals surface area contributed by atoms with Gasteiger partial charge in [-0.1, -0.05) is 12.1 Å². The number of hydrogen-bond donors (Lipinski definition) is 0. The zero-order chi connectivity index (χ0) is 24.4. The van der Waals surface area contributed by atoms with Gasteiger partial charge in [-0.05, 0) is 42.0 Å². The minimum Gasteiger partial charge on any atom is -0.336 e. The highest BCUT2D eigenvalue weighted by Crippen LogP contribution is 2.24. The molecule has 0 unspecified atom stereocenters. The van der Waals surface area contributed by atoms with Crippen molar-refractivity contribution in [1.82, 2.24) is 19.8 Å². The Morgan fingerprint density at radius 3 is 2.54 bits per heavy atom. The lowest BCUT2D eigenvalue weighted by Gasteiger charge is -2.30. The van der Waals surface area contributed by atoms with E-state index in [0.717, 1.165) is 22.5 Å². The smallest absolute Gasteiger partial charge is 0.325 e. The quantitative estimate of drug-likeness (QED) is 0.572. The lowest BCUT2D eigenvalue weighted by Crippen LogP contribution is -2.44. The maximum atomic E-state index is 13.3. The van der Waals surface area contributed by atoms with Gasteiger partial charge in [0.15, 0.2) is 0 Å². The van der Waals surface area contributed by atoms with E-state index in [1.807, 2.05) is 0 Å². The summed E-state index contributed by atoms with van der Waals surface area (Å²) in [6.45, 7) is 1.85. The van der Waals surface area contributed by atoms with E-state index in [-0.39, 0.29) is 24.3 Å². The van der Waals surface area contributed by atoms with E-state index in [2.05, 4.69) is 16.0 Å². The van der Waals surface area contributed by atoms with Crippen LogP contribution in [0.3, 0.4) is 0 Å². The second-order valence-corrected chi connectivity index (χ2v) is 8.63. The third kappa shape index (κ3) is 4.68. The highest BCUT2D eigenvalue weighted by molar-refractivity contribution is 5.96. The van der Waals surface area contributed by atoms with Gasteiger partial charge < -0.3 is 9.80 Å². The Morgan fingerprint density at radius 2 is 1.80 bits per heavy atom. The molecule has 8 nitrogen and oxygen atoms in total. The summed E-state index contributed by atoms with van der Waals surface area (Å²) in [5, 5.41) is 8.97. The number of anilines is 1. The summed E-state index contributed by atoms with van der Waals surface area (Å²) >= 11 is 0. The Kier molecular flexibility index (Phi) is 6.10. The van der Waals surface area contributed by atoms with Crippen LogP contribution >= 0.6 is 0 Å². The minimum absolute atomic E-state index is 0.00192. The average molecular weight is 471 g/mol. The molecule has 0 spiro atoms. The number of hydrogen-bond acceptors (Lipinski definition) is 5. The summed E-state index contributed by atoms with van der Waals surface area (Å²) < 4.78 is 13.3. The Labute approximate surface area is 202 Å². The van der Waals surface area contributed by atoms with Crippen molar-refractivity contribution < 1.29 is 14.0 Å². The molecular weight excluding hydrogens is 447 g/mol.